The van der Waals surface area contributed by atoms with Crippen molar-refractivity contribution in [2.24, 2.45) is 0 Å². The predicted molar refractivity (Wildman–Crippen MR) is 111 cm³/mol. The first-order chi connectivity index (χ1) is 13.6. The Labute approximate surface area is 166 Å². The highest BCUT2D eigenvalue weighted by Crippen LogP contribution is 2.22. The van der Waals surface area contributed by atoms with Crippen LogP contribution in [0.15, 0.2) is 60.8 Å². The van der Waals surface area contributed by atoms with Gasteiger partial charge in [-0.1, -0.05) is 24.3 Å². The minimum atomic E-state index is 0.132. The summed E-state index contributed by atoms with van der Waals surface area (Å²) in [7, 11) is 0. The number of nitrogens with zero attached hydrogens (tertiary/aromatic N) is 4. The molecule has 1 fully saturated rings. The highest BCUT2D eigenvalue weighted by molar-refractivity contribution is 5.96. The van der Waals surface area contributed by atoms with Gasteiger partial charge in [0.05, 0.1) is 11.3 Å². The summed E-state index contributed by atoms with van der Waals surface area (Å²) in [4.78, 5) is 21.9. The SMILES string of the molecule is Cc1cc(C(=O)N2CCN(Cc3ccccn3)CC2)c(C)n1-c1ccccc1. The maximum absolute atomic E-state index is 13.2. The van der Waals surface area contributed by atoms with Crippen LogP contribution in [0.5, 0.6) is 0 Å². The van der Waals surface area contributed by atoms with E-state index in [9.17, 15) is 4.79 Å². The maximum Gasteiger partial charge on any atom is 0.255 e. The van der Waals surface area contributed by atoms with Gasteiger partial charge in [0.15, 0.2) is 0 Å². The largest absolute Gasteiger partial charge is 0.336 e. The normalized spacial score (nSPS) is 15.0. The number of aryl methyl sites for hydroxylation is 1. The Morgan fingerprint density at radius 3 is 2.36 bits per heavy atom. The third kappa shape index (κ3) is 3.71. The molecule has 0 aliphatic carbocycles. The minimum absolute atomic E-state index is 0.132. The Bertz CT molecular complexity index is 941. The fourth-order valence-electron chi connectivity index (χ4n) is 3.95. The van der Waals surface area contributed by atoms with Crippen LogP contribution >= 0.6 is 0 Å². The average Bonchev–Trinajstić information content (AvgIpc) is 3.03. The second-order valence-electron chi connectivity index (χ2n) is 7.35. The van der Waals surface area contributed by atoms with E-state index in [2.05, 4.69) is 39.6 Å². The molecule has 3 heterocycles. The molecule has 144 valence electrons. The van der Waals surface area contributed by atoms with Gasteiger partial charge in [0.25, 0.3) is 5.91 Å². The number of hydrogen-bond acceptors (Lipinski definition) is 3. The molecule has 0 N–H and O–H groups in total. The molecule has 1 amide bonds. The van der Waals surface area contributed by atoms with Crippen molar-refractivity contribution in [3.63, 3.8) is 0 Å². The number of amides is 1. The van der Waals surface area contributed by atoms with Crippen LogP contribution < -0.4 is 0 Å². The lowest BCUT2D eigenvalue weighted by molar-refractivity contribution is 0.0626. The van der Waals surface area contributed by atoms with Gasteiger partial charge in [0.2, 0.25) is 0 Å². The van der Waals surface area contributed by atoms with Crippen LogP contribution in [0.3, 0.4) is 0 Å². The molecule has 3 aromatic rings. The summed E-state index contributed by atoms with van der Waals surface area (Å²) in [6, 6.07) is 18.2. The van der Waals surface area contributed by atoms with E-state index >= 15 is 0 Å². The number of carbonyl (C=O) groups excluding carboxylic acids is 1. The van der Waals surface area contributed by atoms with Gasteiger partial charge in [-0.3, -0.25) is 14.7 Å². The summed E-state index contributed by atoms with van der Waals surface area (Å²) in [5, 5.41) is 0. The fraction of sp³-hybridized carbons (Fsp3) is 0.304. The first kappa shape index (κ1) is 18.4. The van der Waals surface area contributed by atoms with Crippen molar-refractivity contribution in [2.45, 2.75) is 20.4 Å². The first-order valence-electron chi connectivity index (χ1n) is 9.79. The van der Waals surface area contributed by atoms with Crippen molar-refractivity contribution in [1.29, 1.82) is 0 Å². The molecule has 1 aliphatic heterocycles. The lowest BCUT2D eigenvalue weighted by atomic mass is 10.2. The third-order valence-corrected chi connectivity index (χ3v) is 5.45. The predicted octanol–water partition coefficient (Wildman–Crippen LogP) is 3.45. The zero-order chi connectivity index (χ0) is 19.5. The van der Waals surface area contributed by atoms with Crippen LogP contribution in [-0.4, -0.2) is 51.4 Å². The Hall–Kier alpha value is -2.92. The molecule has 1 saturated heterocycles. The van der Waals surface area contributed by atoms with E-state index in [4.69, 9.17) is 0 Å². The lowest BCUT2D eigenvalue weighted by Crippen LogP contribution is -2.48. The number of piperazine rings is 1. The lowest BCUT2D eigenvalue weighted by Gasteiger charge is -2.34. The summed E-state index contributed by atoms with van der Waals surface area (Å²) >= 11 is 0. The number of benzene rings is 1. The van der Waals surface area contributed by atoms with Crippen LogP contribution in [0.25, 0.3) is 5.69 Å². The minimum Gasteiger partial charge on any atom is -0.336 e. The smallest absolute Gasteiger partial charge is 0.255 e. The highest BCUT2D eigenvalue weighted by Gasteiger charge is 2.25. The Balaban J connectivity index is 1.45. The van der Waals surface area contributed by atoms with Crippen molar-refractivity contribution in [1.82, 2.24) is 19.4 Å². The number of rotatable bonds is 4. The monoisotopic (exact) mass is 374 g/mol. The number of aromatic nitrogens is 2. The first-order valence-corrected chi connectivity index (χ1v) is 9.79. The second-order valence-corrected chi connectivity index (χ2v) is 7.35. The zero-order valence-electron chi connectivity index (χ0n) is 16.5. The molecule has 1 aliphatic rings. The quantitative estimate of drug-likeness (QED) is 0.702. The van der Waals surface area contributed by atoms with Gasteiger partial charge >= 0.3 is 0 Å². The van der Waals surface area contributed by atoms with E-state index in [-0.39, 0.29) is 5.91 Å². The van der Waals surface area contributed by atoms with Crippen molar-refractivity contribution in [3.8, 4) is 5.69 Å². The van der Waals surface area contributed by atoms with Gasteiger partial charge < -0.3 is 9.47 Å². The standard InChI is InChI=1S/C23H26N4O/c1-18-16-22(19(2)27(18)21-9-4-3-5-10-21)23(28)26-14-12-25(13-15-26)17-20-8-6-7-11-24-20/h3-11,16H,12-15,17H2,1-2H3. The van der Waals surface area contributed by atoms with Crippen LogP contribution in [0.1, 0.15) is 27.4 Å². The van der Waals surface area contributed by atoms with E-state index in [1.807, 2.05) is 54.4 Å². The molecule has 1 aromatic carbocycles. The molecule has 4 rings (SSSR count). The molecule has 0 spiro atoms. The second kappa shape index (κ2) is 7.98. The van der Waals surface area contributed by atoms with Gasteiger partial charge in [-0.05, 0) is 44.2 Å². The Kier molecular flexibility index (Phi) is 5.26. The highest BCUT2D eigenvalue weighted by atomic mass is 16.2. The van der Waals surface area contributed by atoms with E-state index in [0.717, 1.165) is 61.1 Å². The summed E-state index contributed by atoms with van der Waals surface area (Å²) in [5.41, 5.74) is 5.07. The van der Waals surface area contributed by atoms with Gasteiger partial charge in [-0.25, -0.2) is 0 Å². The van der Waals surface area contributed by atoms with Crippen LogP contribution in [-0.2, 0) is 6.54 Å². The average molecular weight is 374 g/mol. The fourth-order valence-corrected chi connectivity index (χ4v) is 3.95. The zero-order valence-corrected chi connectivity index (χ0v) is 16.5. The van der Waals surface area contributed by atoms with Crippen molar-refractivity contribution >= 4 is 5.91 Å². The summed E-state index contributed by atoms with van der Waals surface area (Å²) in [5.74, 6) is 0.132. The summed E-state index contributed by atoms with van der Waals surface area (Å²) in [6.07, 6.45) is 1.83. The number of para-hydroxylation sites is 1. The molecule has 0 radical (unpaired) electrons. The molecule has 0 saturated carbocycles. The van der Waals surface area contributed by atoms with E-state index in [0.29, 0.717) is 0 Å². The Morgan fingerprint density at radius 2 is 1.68 bits per heavy atom. The van der Waals surface area contributed by atoms with Gasteiger partial charge in [0.1, 0.15) is 0 Å². The molecule has 0 atom stereocenters. The topological polar surface area (TPSA) is 41.4 Å². The van der Waals surface area contributed by atoms with Crippen LogP contribution in [0.4, 0.5) is 0 Å². The molecule has 5 nitrogen and oxygen atoms in total. The molecule has 2 aromatic heterocycles. The van der Waals surface area contributed by atoms with E-state index in [1.54, 1.807) is 0 Å². The number of carbonyl (C=O) groups is 1. The van der Waals surface area contributed by atoms with E-state index in [1.165, 1.54) is 0 Å². The number of pyridine rings is 1. The van der Waals surface area contributed by atoms with Gasteiger partial charge in [-0.15, -0.1) is 0 Å². The molecular weight excluding hydrogens is 348 g/mol. The number of hydrogen-bond donors (Lipinski definition) is 0. The molecule has 5 heteroatoms. The van der Waals surface area contributed by atoms with Gasteiger partial charge in [0, 0.05) is 56.0 Å². The van der Waals surface area contributed by atoms with Crippen molar-refractivity contribution in [2.75, 3.05) is 26.2 Å². The van der Waals surface area contributed by atoms with Crippen LogP contribution in [0, 0.1) is 13.8 Å². The maximum atomic E-state index is 13.2. The Morgan fingerprint density at radius 1 is 0.964 bits per heavy atom. The third-order valence-electron chi connectivity index (χ3n) is 5.45. The van der Waals surface area contributed by atoms with Crippen molar-refractivity contribution < 1.29 is 4.79 Å². The van der Waals surface area contributed by atoms with Crippen LogP contribution in [0.2, 0.25) is 0 Å². The van der Waals surface area contributed by atoms with E-state index < -0.39 is 0 Å². The molecular formula is C23H26N4O. The summed E-state index contributed by atoms with van der Waals surface area (Å²) < 4.78 is 2.16. The molecule has 28 heavy (non-hydrogen) atoms. The summed E-state index contributed by atoms with van der Waals surface area (Å²) in [6.45, 7) is 8.18. The molecule has 0 bridgehead atoms. The van der Waals surface area contributed by atoms with Gasteiger partial charge in [-0.2, -0.15) is 0 Å². The van der Waals surface area contributed by atoms with Crippen molar-refractivity contribution in [3.05, 3.63) is 83.4 Å². The molecule has 0 unspecified atom stereocenters.